The third-order valence-electron chi connectivity index (χ3n) is 11.6. The quantitative estimate of drug-likeness (QED) is 0.0607. The number of carbonyl (C=O) groups is 2. The van der Waals surface area contributed by atoms with Crippen LogP contribution in [0.1, 0.15) is 67.7 Å². The SMILES string of the molecule is COc1cc(NC(=O)CC[N+]23CCC(CC2)[C@@H](OC[C@@](O)(c2ccccc2)C2CCCC2)C3)c(Cl)cc1CNC[C@H](O)c1ccc(O)c(NC=O)c1. The second-order valence-electron chi connectivity index (χ2n) is 14.8. The number of methoxy groups -OCH3 is 1. The van der Waals surface area contributed by atoms with Crippen molar-refractivity contribution in [1.29, 1.82) is 0 Å². The zero-order valence-electron chi connectivity index (χ0n) is 29.9. The molecular formula is C40H52ClN4O7+. The molecule has 3 atom stereocenters. The third kappa shape index (κ3) is 8.73. The van der Waals surface area contributed by atoms with Gasteiger partial charge in [-0.3, -0.25) is 9.59 Å². The van der Waals surface area contributed by atoms with Gasteiger partial charge in [0.15, 0.2) is 0 Å². The number of ether oxygens (including phenoxy) is 2. The van der Waals surface area contributed by atoms with Crippen molar-refractivity contribution < 1.29 is 38.9 Å². The van der Waals surface area contributed by atoms with Crippen LogP contribution in [-0.2, 0) is 26.5 Å². The summed E-state index contributed by atoms with van der Waals surface area (Å²) >= 11 is 6.65. The van der Waals surface area contributed by atoms with Gasteiger partial charge in [-0.15, -0.1) is 0 Å². The van der Waals surface area contributed by atoms with Gasteiger partial charge in [-0.25, -0.2) is 0 Å². The van der Waals surface area contributed by atoms with E-state index in [1.165, 1.54) is 12.1 Å². The largest absolute Gasteiger partial charge is 0.506 e. The Hall–Kier alpha value is -3.71. The molecule has 0 unspecified atom stereocenters. The van der Waals surface area contributed by atoms with Crippen LogP contribution >= 0.6 is 11.6 Å². The number of quaternary nitrogens is 1. The van der Waals surface area contributed by atoms with Crippen LogP contribution in [0.2, 0.25) is 5.02 Å². The minimum atomic E-state index is -0.990. The Balaban J connectivity index is 1.02. The lowest BCUT2D eigenvalue weighted by Gasteiger charge is -2.52. The molecule has 1 aliphatic carbocycles. The maximum absolute atomic E-state index is 13.3. The van der Waals surface area contributed by atoms with E-state index in [-0.39, 0.29) is 35.9 Å². The van der Waals surface area contributed by atoms with Gasteiger partial charge < -0.3 is 45.2 Å². The van der Waals surface area contributed by atoms with Crippen LogP contribution < -0.4 is 20.7 Å². The first kappa shape index (κ1) is 38.0. The molecule has 11 nitrogen and oxygen atoms in total. The van der Waals surface area contributed by atoms with Gasteiger partial charge in [-0.05, 0) is 48.1 Å². The van der Waals surface area contributed by atoms with E-state index >= 15 is 0 Å². The second-order valence-corrected chi connectivity index (χ2v) is 15.2. The fourth-order valence-corrected chi connectivity index (χ4v) is 8.73. The van der Waals surface area contributed by atoms with E-state index in [1.54, 1.807) is 25.3 Å². The lowest BCUT2D eigenvalue weighted by Crippen LogP contribution is -2.65. The Bertz CT molecular complexity index is 1680. The molecule has 12 heteroatoms. The van der Waals surface area contributed by atoms with Crippen molar-refractivity contribution in [1.82, 2.24) is 5.32 Å². The summed E-state index contributed by atoms with van der Waals surface area (Å²) in [5, 5.41) is 41.5. The fraction of sp³-hybridized carbons (Fsp3) is 0.500. The number of rotatable bonds is 17. The molecule has 7 rings (SSSR count). The van der Waals surface area contributed by atoms with E-state index in [0.717, 1.165) is 73.8 Å². The maximum Gasteiger partial charge on any atom is 0.230 e. The van der Waals surface area contributed by atoms with E-state index in [9.17, 15) is 24.9 Å². The summed E-state index contributed by atoms with van der Waals surface area (Å²) < 4.78 is 13.1. The number of nitrogens with zero attached hydrogens (tertiary/aromatic N) is 1. The number of aromatic hydroxyl groups is 1. The molecule has 3 heterocycles. The van der Waals surface area contributed by atoms with Gasteiger partial charge in [0.2, 0.25) is 12.3 Å². The van der Waals surface area contributed by atoms with E-state index in [0.29, 0.717) is 60.5 Å². The highest BCUT2D eigenvalue weighted by molar-refractivity contribution is 6.33. The molecule has 0 aromatic heterocycles. The molecule has 4 aliphatic rings. The molecule has 3 aliphatic heterocycles. The molecule has 2 bridgehead atoms. The number of phenolic OH excluding ortho intramolecular Hbond substituents is 1. The predicted molar refractivity (Wildman–Crippen MR) is 200 cm³/mol. The molecule has 280 valence electrons. The monoisotopic (exact) mass is 735 g/mol. The van der Waals surface area contributed by atoms with Crippen molar-refractivity contribution in [2.45, 2.75) is 69.3 Å². The average molecular weight is 736 g/mol. The van der Waals surface area contributed by atoms with Crippen LogP contribution in [0, 0.1) is 11.8 Å². The Morgan fingerprint density at radius 1 is 1.06 bits per heavy atom. The van der Waals surface area contributed by atoms with Crippen molar-refractivity contribution in [3.63, 3.8) is 0 Å². The number of halogens is 1. The number of aliphatic hydroxyl groups is 2. The van der Waals surface area contributed by atoms with Crippen LogP contribution in [0.5, 0.6) is 11.5 Å². The minimum Gasteiger partial charge on any atom is -0.506 e. The van der Waals surface area contributed by atoms with Crippen LogP contribution in [0.15, 0.2) is 60.7 Å². The van der Waals surface area contributed by atoms with Gasteiger partial charge in [0.05, 0.1) is 62.3 Å². The topological polar surface area (TPSA) is 149 Å². The highest BCUT2D eigenvalue weighted by Crippen LogP contribution is 2.43. The number of fused-ring (bicyclic) bond motifs is 3. The molecule has 6 N–H and O–H groups in total. The summed E-state index contributed by atoms with van der Waals surface area (Å²) in [4.78, 5) is 24.1. The molecule has 3 saturated heterocycles. The lowest BCUT2D eigenvalue weighted by molar-refractivity contribution is -0.946. The summed E-state index contributed by atoms with van der Waals surface area (Å²) in [6, 6.07) is 18.0. The number of hydrogen-bond acceptors (Lipinski definition) is 8. The molecule has 0 radical (unpaired) electrons. The molecule has 0 spiro atoms. The third-order valence-corrected chi connectivity index (χ3v) is 11.9. The lowest BCUT2D eigenvalue weighted by atomic mass is 9.80. The summed E-state index contributed by atoms with van der Waals surface area (Å²) in [5.74, 6) is 1.01. The summed E-state index contributed by atoms with van der Waals surface area (Å²) in [7, 11) is 1.55. The number of nitrogens with one attached hydrogen (secondary N) is 3. The van der Waals surface area contributed by atoms with Gasteiger partial charge in [-0.1, -0.05) is 60.8 Å². The van der Waals surface area contributed by atoms with Crippen LogP contribution in [-0.4, -0.2) is 84.7 Å². The minimum absolute atomic E-state index is 0.0567. The first-order valence-electron chi connectivity index (χ1n) is 18.5. The molecule has 1 saturated carbocycles. The van der Waals surface area contributed by atoms with Gasteiger partial charge in [-0.2, -0.15) is 0 Å². The van der Waals surface area contributed by atoms with Crippen molar-refractivity contribution in [3.05, 3.63) is 82.4 Å². The standard InChI is InChI=1S/C40H51ClN4O7/c1-51-37-21-33(32(41)19-29(37)22-42-23-36(48)28-11-12-35(47)34(20-28)43-26-46)44-39(49)15-18-45-16-13-27(14-17-45)38(24-45)52-25-40(50,31-9-5-6-10-31)30-7-3-2-4-8-30/h2-4,7-8,11-12,19-21,26-27,31,36,38,42,48,50H,5-6,9-10,13-18,22-25H2,1H3,(H2-,43,44,46,47,49)/p+1/t27?,36-,38-,40+,45?/m0/s1. The number of anilines is 2. The number of carbonyl (C=O) groups excluding carboxylic acids is 2. The van der Waals surface area contributed by atoms with Crippen molar-refractivity contribution in [3.8, 4) is 11.5 Å². The maximum atomic E-state index is 13.3. The summed E-state index contributed by atoms with van der Waals surface area (Å²) in [6.45, 7) is 4.43. The first-order chi connectivity index (χ1) is 25.1. The summed E-state index contributed by atoms with van der Waals surface area (Å²) in [5.41, 5.74) is 1.90. The Morgan fingerprint density at radius 3 is 2.52 bits per heavy atom. The van der Waals surface area contributed by atoms with E-state index in [4.69, 9.17) is 21.1 Å². The van der Waals surface area contributed by atoms with E-state index in [1.807, 2.05) is 30.3 Å². The smallest absolute Gasteiger partial charge is 0.230 e. The number of phenols is 1. The Morgan fingerprint density at radius 2 is 1.81 bits per heavy atom. The first-order valence-corrected chi connectivity index (χ1v) is 18.8. The fourth-order valence-electron chi connectivity index (χ4n) is 8.50. The van der Waals surface area contributed by atoms with Gasteiger partial charge in [0.1, 0.15) is 29.7 Å². The average Bonchev–Trinajstić information content (AvgIpc) is 3.72. The van der Waals surface area contributed by atoms with Crippen molar-refractivity contribution in [2.75, 3.05) is 57.1 Å². The van der Waals surface area contributed by atoms with Gasteiger partial charge >= 0.3 is 0 Å². The molecule has 3 aromatic rings. The highest BCUT2D eigenvalue weighted by Gasteiger charge is 2.48. The van der Waals surface area contributed by atoms with Crippen LogP contribution in [0.4, 0.5) is 11.4 Å². The van der Waals surface area contributed by atoms with Crippen molar-refractivity contribution >= 4 is 35.3 Å². The zero-order valence-corrected chi connectivity index (χ0v) is 30.6. The second kappa shape index (κ2) is 17.0. The normalized spacial score (nSPS) is 23.2. The summed E-state index contributed by atoms with van der Waals surface area (Å²) in [6.07, 6.45) is 6.40. The Kier molecular flexibility index (Phi) is 12.4. The number of piperidine rings is 3. The highest BCUT2D eigenvalue weighted by atomic mass is 35.5. The van der Waals surface area contributed by atoms with Crippen LogP contribution in [0.25, 0.3) is 0 Å². The molecule has 2 amide bonds. The van der Waals surface area contributed by atoms with Gasteiger partial charge in [0, 0.05) is 43.5 Å². The predicted octanol–water partition coefficient (Wildman–Crippen LogP) is 5.48. The van der Waals surface area contributed by atoms with E-state index < -0.39 is 11.7 Å². The number of hydrogen-bond donors (Lipinski definition) is 6. The number of amides is 2. The molecule has 4 fully saturated rings. The molecule has 52 heavy (non-hydrogen) atoms. The Labute approximate surface area is 310 Å². The molecular weight excluding hydrogens is 684 g/mol. The van der Waals surface area contributed by atoms with Crippen molar-refractivity contribution in [2.24, 2.45) is 11.8 Å². The zero-order chi connectivity index (χ0) is 36.7. The van der Waals surface area contributed by atoms with E-state index in [2.05, 4.69) is 16.0 Å². The molecule has 3 aromatic carbocycles. The number of aliphatic hydroxyl groups excluding tert-OH is 1. The van der Waals surface area contributed by atoms with Gasteiger partial charge in [0.25, 0.3) is 0 Å². The number of benzene rings is 3. The van der Waals surface area contributed by atoms with Crippen LogP contribution in [0.3, 0.4) is 0 Å².